The molecule has 1 rings (SSSR count). The third-order valence-corrected chi connectivity index (χ3v) is 2.34. The number of hydrogen-bond acceptors (Lipinski definition) is 2. The van der Waals surface area contributed by atoms with Crippen LogP contribution < -0.4 is 5.73 Å². The standard InChI is InChI=1S/C9H11BrClNO/c10-7-1-6(2-8(11)4-7)3-9(13)5-12/h1-2,4,9,13H,3,5,12H2. The molecule has 1 aromatic rings. The van der Waals surface area contributed by atoms with Crippen LogP contribution in [0.2, 0.25) is 5.02 Å². The molecule has 0 spiro atoms. The zero-order valence-electron chi connectivity index (χ0n) is 7.00. The van der Waals surface area contributed by atoms with Gasteiger partial charge in [0.1, 0.15) is 0 Å². The van der Waals surface area contributed by atoms with E-state index in [1.807, 2.05) is 12.1 Å². The molecule has 0 aliphatic carbocycles. The summed E-state index contributed by atoms with van der Waals surface area (Å²) < 4.78 is 0.916. The van der Waals surface area contributed by atoms with Crippen LogP contribution in [0.15, 0.2) is 22.7 Å². The molecule has 13 heavy (non-hydrogen) atoms. The van der Waals surface area contributed by atoms with Crippen LogP contribution in [0.25, 0.3) is 0 Å². The number of benzene rings is 1. The summed E-state index contributed by atoms with van der Waals surface area (Å²) in [5, 5.41) is 9.97. The van der Waals surface area contributed by atoms with Crippen LogP contribution in [0, 0.1) is 0 Å². The average molecular weight is 265 g/mol. The van der Waals surface area contributed by atoms with E-state index in [1.165, 1.54) is 0 Å². The van der Waals surface area contributed by atoms with E-state index in [2.05, 4.69) is 15.9 Å². The van der Waals surface area contributed by atoms with Crippen LogP contribution in [0.4, 0.5) is 0 Å². The Labute approximate surface area is 90.8 Å². The SMILES string of the molecule is NCC(O)Cc1cc(Cl)cc(Br)c1. The Kier molecular flexibility index (Phi) is 4.19. The van der Waals surface area contributed by atoms with E-state index in [1.54, 1.807) is 6.07 Å². The predicted molar refractivity (Wildman–Crippen MR) is 57.9 cm³/mol. The van der Waals surface area contributed by atoms with Gasteiger partial charge in [-0.05, 0) is 30.2 Å². The molecule has 1 unspecified atom stereocenters. The lowest BCUT2D eigenvalue weighted by Gasteiger charge is -2.08. The summed E-state index contributed by atoms with van der Waals surface area (Å²) in [5.41, 5.74) is 6.28. The van der Waals surface area contributed by atoms with E-state index in [0.29, 0.717) is 11.4 Å². The first-order valence-electron chi connectivity index (χ1n) is 3.95. The fourth-order valence-electron chi connectivity index (χ4n) is 1.08. The van der Waals surface area contributed by atoms with Gasteiger partial charge in [-0.2, -0.15) is 0 Å². The second-order valence-corrected chi connectivity index (χ2v) is 4.22. The van der Waals surface area contributed by atoms with E-state index >= 15 is 0 Å². The van der Waals surface area contributed by atoms with Crippen molar-refractivity contribution in [2.45, 2.75) is 12.5 Å². The first kappa shape index (κ1) is 11.0. The molecule has 0 bridgehead atoms. The van der Waals surface area contributed by atoms with Gasteiger partial charge in [0.05, 0.1) is 6.10 Å². The predicted octanol–water partition coefficient (Wildman–Crippen LogP) is 1.96. The minimum atomic E-state index is -0.495. The van der Waals surface area contributed by atoms with Crippen LogP contribution in [0.5, 0.6) is 0 Å². The van der Waals surface area contributed by atoms with Crippen LogP contribution in [-0.4, -0.2) is 17.8 Å². The highest BCUT2D eigenvalue weighted by Gasteiger charge is 2.04. The minimum absolute atomic E-state index is 0.268. The Morgan fingerprint density at radius 3 is 2.69 bits per heavy atom. The van der Waals surface area contributed by atoms with Gasteiger partial charge >= 0.3 is 0 Å². The smallest absolute Gasteiger partial charge is 0.0702 e. The molecule has 3 N–H and O–H groups in total. The summed E-state index contributed by atoms with van der Waals surface area (Å²) in [4.78, 5) is 0. The highest BCUT2D eigenvalue weighted by Crippen LogP contribution is 2.20. The second-order valence-electron chi connectivity index (χ2n) is 2.87. The van der Waals surface area contributed by atoms with E-state index in [4.69, 9.17) is 17.3 Å². The number of rotatable bonds is 3. The lowest BCUT2D eigenvalue weighted by atomic mass is 10.1. The molecule has 0 radical (unpaired) electrons. The number of halogens is 2. The first-order valence-corrected chi connectivity index (χ1v) is 5.12. The average Bonchev–Trinajstić information content (AvgIpc) is 2.02. The molecule has 4 heteroatoms. The van der Waals surface area contributed by atoms with Crippen molar-refractivity contribution < 1.29 is 5.11 Å². The van der Waals surface area contributed by atoms with Crippen LogP contribution in [0.3, 0.4) is 0 Å². The number of nitrogens with two attached hydrogens (primary N) is 1. The molecule has 0 aliphatic heterocycles. The Morgan fingerprint density at radius 1 is 1.46 bits per heavy atom. The minimum Gasteiger partial charge on any atom is -0.391 e. The summed E-state index contributed by atoms with van der Waals surface area (Å²) >= 11 is 9.16. The number of aliphatic hydroxyl groups excluding tert-OH is 1. The van der Waals surface area contributed by atoms with Gasteiger partial charge in [-0.25, -0.2) is 0 Å². The Bertz CT molecular complexity index is 273. The van der Waals surface area contributed by atoms with Gasteiger partial charge in [-0.1, -0.05) is 27.5 Å². The Hall–Kier alpha value is -0.0900. The zero-order valence-corrected chi connectivity index (χ0v) is 9.35. The zero-order chi connectivity index (χ0) is 9.84. The summed E-state index contributed by atoms with van der Waals surface area (Å²) in [6, 6.07) is 5.55. The maximum atomic E-state index is 9.31. The fourth-order valence-corrected chi connectivity index (χ4v) is 2.01. The molecular formula is C9H11BrClNO. The first-order chi connectivity index (χ1) is 6.11. The molecule has 1 aromatic carbocycles. The van der Waals surface area contributed by atoms with Crippen LogP contribution in [0.1, 0.15) is 5.56 Å². The number of aliphatic hydroxyl groups is 1. The topological polar surface area (TPSA) is 46.2 Å². The largest absolute Gasteiger partial charge is 0.391 e. The quantitative estimate of drug-likeness (QED) is 0.877. The maximum Gasteiger partial charge on any atom is 0.0702 e. The molecule has 0 heterocycles. The van der Waals surface area contributed by atoms with Crippen molar-refractivity contribution in [3.63, 3.8) is 0 Å². The van der Waals surface area contributed by atoms with Crippen molar-refractivity contribution in [3.8, 4) is 0 Å². The van der Waals surface area contributed by atoms with Crippen molar-refractivity contribution in [1.82, 2.24) is 0 Å². The van der Waals surface area contributed by atoms with Crippen molar-refractivity contribution in [2.24, 2.45) is 5.73 Å². The van der Waals surface area contributed by atoms with Gasteiger partial charge < -0.3 is 10.8 Å². The molecule has 0 fully saturated rings. The van der Waals surface area contributed by atoms with Crippen molar-refractivity contribution >= 4 is 27.5 Å². The molecule has 0 aliphatic rings. The molecular weight excluding hydrogens is 253 g/mol. The Balaban J connectivity index is 2.77. The van der Waals surface area contributed by atoms with Crippen molar-refractivity contribution in [1.29, 1.82) is 0 Å². The lowest BCUT2D eigenvalue weighted by molar-refractivity contribution is 0.183. The van der Waals surface area contributed by atoms with E-state index < -0.39 is 6.10 Å². The molecule has 0 saturated heterocycles. The normalized spacial score (nSPS) is 12.9. The van der Waals surface area contributed by atoms with Gasteiger partial charge in [0, 0.05) is 16.0 Å². The Morgan fingerprint density at radius 2 is 2.15 bits per heavy atom. The highest BCUT2D eigenvalue weighted by atomic mass is 79.9. The van der Waals surface area contributed by atoms with Crippen molar-refractivity contribution in [3.05, 3.63) is 33.3 Å². The van der Waals surface area contributed by atoms with E-state index in [-0.39, 0.29) is 6.54 Å². The van der Waals surface area contributed by atoms with Crippen LogP contribution in [-0.2, 0) is 6.42 Å². The third kappa shape index (κ3) is 3.65. The van der Waals surface area contributed by atoms with Gasteiger partial charge in [0.2, 0.25) is 0 Å². The maximum absolute atomic E-state index is 9.31. The van der Waals surface area contributed by atoms with Gasteiger partial charge in [-0.3, -0.25) is 0 Å². The molecule has 0 saturated carbocycles. The van der Waals surface area contributed by atoms with Gasteiger partial charge in [0.25, 0.3) is 0 Å². The summed E-state index contributed by atoms with van der Waals surface area (Å²) in [6.45, 7) is 0.268. The highest BCUT2D eigenvalue weighted by molar-refractivity contribution is 9.10. The van der Waals surface area contributed by atoms with Gasteiger partial charge in [-0.15, -0.1) is 0 Å². The van der Waals surface area contributed by atoms with Gasteiger partial charge in [0.15, 0.2) is 0 Å². The molecule has 0 amide bonds. The van der Waals surface area contributed by atoms with E-state index in [0.717, 1.165) is 10.0 Å². The summed E-state index contributed by atoms with van der Waals surface area (Å²) in [5.74, 6) is 0. The van der Waals surface area contributed by atoms with Crippen LogP contribution >= 0.6 is 27.5 Å². The third-order valence-electron chi connectivity index (χ3n) is 1.67. The lowest BCUT2D eigenvalue weighted by Crippen LogP contribution is -2.21. The molecule has 1 atom stereocenters. The summed E-state index contributed by atoms with van der Waals surface area (Å²) in [6.07, 6.45) is 0.0423. The van der Waals surface area contributed by atoms with Crippen molar-refractivity contribution in [2.75, 3.05) is 6.54 Å². The molecule has 0 aromatic heterocycles. The number of hydrogen-bond donors (Lipinski definition) is 2. The summed E-state index contributed by atoms with van der Waals surface area (Å²) in [7, 11) is 0. The van der Waals surface area contributed by atoms with E-state index in [9.17, 15) is 5.11 Å². The fraction of sp³-hybridized carbons (Fsp3) is 0.333. The monoisotopic (exact) mass is 263 g/mol. The molecule has 72 valence electrons. The molecule has 2 nitrogen and oxygen atoms in total. The second kappa shape index (κ2) is 4.96.